The molecule has 0 saturated carbocycles. The maximum absolute atomic E-state index is 13.5. The summed E-state index contributed by atoms with van der Waals surface area (Å²) in [4.78, 5) is 26.4. The molecule has 2 amide bonds. The fourth-order valence-corrected chi connectivity index (χ4v) is 5.22. The van der Waals surface area contributed by atoms with Crippen LogP contribution < -0.4 is 14.8 Å². The molecule has 2 N–H and O–H groups in total. The standard InChI is InChI=1S/C24H31N3O6S/c1-4-20-16-27(12-13-33-20)24(29)21(14-18-8-6-5-7-9-18)26-34(30,31)23-15-19(25-17(2)28)10-11-22(23)32-3/h5-11,15,20-21,26H,4,12-14,16H2,1-3H3,(H,25,28)/t20-,21+/m0/s1. The Hall–Kier alpha value is -2.95. The molecule has 0 aromatic heterocycles. The van der Waals surface area contributed by atoms with E-state index >= 15 is 0 Å². The number of amides is 2. The number of sulfonamides is 1. The third-order valence-corrected chi connectivity index (χ3v) is 7.05. The average molecular weight is 490 g/mol. The first-order valence-corrected chi connectivity index (χ1v) is 12.6. The predicted molar refractivity (Wildman–Crippen MR) is 128 cm³/mol. The van der Waals surface area contributed by atoms with E-state index in [1.807, 2.05) is 37.3 Å². The lowest BCUT2D eigenvalue weighted by atomic mass is 10.0. The van der Waals surface area contributed by atoms with E-state index in [-0.39, 0.29) is 35.0 Å². The molecule has 0 bridgehead atoms. The van der Waals surface area contributed by atoms with E-state index in [4.69, 9.17) is 9.47 Å². The minimum absolute atomic E-state index is 0.0823. The van der Waals surface area contributed by atoms with Crippen molar-refractivity contribution in [1.29, 1.82) is 0 Å². The van der Waals surface area contributed by atoms with Crippen LogP contribution in [-0.2, 0) is 30.8 Å². The van der Waals surface area contributed by atoms with Gasteiger partial charge in [0.15, 0.2) is 0 Å². The predicted octanol–water partition coefficient (Wildman–Crippen LogP) is 2.18. The summed E-state index contributed by atoms with van der Waals surface area (Å²) in [7, 11) is -2.83. The van der Waals surface area contributed by atoms with Crippen molar-refractivity contribution in [2.45, 2.75) is 43.7 Å². The highest BCUT2D eigenvalue weighted by atomic mass is 32.2. The largest absolute Gasteiger partial charge is 0.495 e. The van der Waals surface area contributed by atoms with Crippen LogP contribution in [0.5, 0.6) is 5.75 Å². The van der Waals surface area contributed by atoms with E-state index in [1.54, 1.807) is 11.0 Å². The normalized spacial score (nSPS) is 17.1. The molecule has 1 heterocycles. The molecule has 1 aliphatic rings. The summed E-state index contributed by atoms with van der Waals surface area (Å²) in [5.41, 5.74) is 1.13. The van der Waals surface area contributed by atoms with E-state index in [2.05, 4.69) is 10.0 Å². The second-order valence-electron chi connectivity index (χ2n) is 8.10. The summed E-state index contributed by atoms with van der Waals surface area (Å²) < 4.78 is 40.4. The molecule has 10 heteroatoms. The van der Waals surface area contributed by atoms with Crippen LogP contribution in [-0.4, -0.2) is 64.1 Å². The number of ether oxygens (including phenoxy) is 2. The van der Waals surface area contributed by atoms with Crippen LogP contribution in [0.3, 0.4) is 0 Å². The lowest BCUT2D eigenvalue weighted by molar-refractivity contribution is -0.140. The molecular formula is C24H31N3O6S. The molecule has 3 rings (SSSR count). The molecule has 2 aromatic rings. The highest BCUT2D eigenvalue weighted by Crippen LogP contribution is 2.28. The van der Waals surface area contributed by atoms with Crippen LogP contribution in [0.15, 0.2) is 53.4 Å². The monoisotopic (exact) mass is 489 g/mol. The number of anilines is 1. The lowest BCUT2D eigenvalue weighted by Crippen LogP contribution is -2.54. The van der Waals surface area contributed by atoms with E-state index in [0.717, 1.165) is 12.0 Å². The number of carbonyl (C=O) groups excluding carboxylic acids is 2. The maximum Gasteiger partial charge on any atom is 0.245 e. The molecule has 1 aliphatic heterocycles. The maximum atomic E-state index is 13.5. The molecular weight excluding hydrogens is 458 g/mol. The van der Waals surface area contributed by atoms with Gasteiger partial charge in [-0.3, -0.25) is 9.59 Å². The third kappa shape index (κ3) is 6.55. The van der Waals surface area contributed by atoms with Crippen LogP contribution in [0.2, 0.25) is 0 Å². The van der Waals surface area contributed by atoms with Crippen LogP contribution >= 0.6 is 0 Å². The fraction of sp³-hybridized carbons (Fsp3) is 0.417. The third-order valence-electron chi connectivity index (χ3n) is 5.56. The molecule has 2 atom stereocenters. The van der Waals surface area contributed by atoms with Gasteiger partial charge in [-0.2, -0.15) is 4.72 Å². The van der Waals surface area contributed by atoms with Crippen LogP contribution in [0.1, 0.15) is 25.8 Å². The van der Waals surface area contributed by atoms with E-state index in [9.17, 15) is 18.0 Å². The molecule has 9 nitrogen and oxygen atoms in total. The summed E-state index contributed by atoms with van der Waals surface area (Å²) in [6, 6.07) is 12.5. The second kappa shape index (κ2) is 11.5. The number of hydrogen-bond donors (Lipinski definition) is 2. The van der Waals surface area contributed by atoms with Gasteiger partial charge >= 0.3 is 0 Å². The van der Waals surface area contributed by atoms with Gasteiger partial charge in [0, 0.05) is 25.7 Å². The van der Waals surface area contributed by atoms with Gasteiger partial charge in [-0.05, 0) is 36.6 Å². The lowest BCUT2D eigenvalue weighted by Gasteiger charge is -2.35. The zero-order valence-electron chi connectivity index (χ0n) is 19.6. The Morgan fingerprint density at radius 2 is 1.94 bits per heavy atom. The van der Waals surface area contributed by atoms with Gasteiger partial charge in [0.1, 0.15) is 16.7 Å². The highest BCUT2D eigenvalue weighted by molar-refractivity contribution is 7.89. The zero-order chi connectivity index (χ0) is 24.7. The van der Waals surface area contributed by atoms with E-state index < -0.39 is 16.1 Å². The van der Waals surface area contributed by atoms with Crippen molar-refractivity contribution < 1.29 is 27.5 Å². The first-order valence-electron chi connectivity index (χ1n) is 11.2. The molecule has 1 saturated heterocycles. The van der Waals surface area contributed by atoms with Crippen molar-refractivity contribution in [3.8, 4) is 5.75 Å². The molecule has 1 fully saturated rings. The smallest absolute Gasteiger partial charge is 0.245 e. The molecule has 34 heavy (non-hydrogen) atoms. The molecule has 0 spiro atoms. The van der Waals surface area contributed by atoms with Crippen LogP contribution in [0, 0.1) is 0 Å². The average Bonchev–Trinajstić information content (AvgIpc) is 2.83. The summed E-state index contributed by atoms with van der Waals surface area (Å²) in [5.74, 6) is -0.549. The summed E-state index contributed by atoms with van der Waals surface area (Å²) in [6.45, 7) is 4.52. The summed E-state index contributed by atoms with van der Waals surface area (Å²) >= 11 is 0. The minimum atomic E-state index is -4.19. The summed E-state index contributed by atoms with van der Waals surface area (Å²) in [5, 5.41) is 2.57. The highest BCUT2D eigenvalue weighted by Gasteiger charge is 2.33. The Morgan fingerprint density at radius 1 is 1.21 bits per heavy atom. The molecule has 2 aromatic carbocycles. The van der Waals surface area contributed by atoms with Crippen molar-refractivity contribution in [1.82, 2.24) is 9.62 Å². The van der Waals surface area contributed by atoms with Gasteiger partial charge in [-0.1, -0.05) is 37.3 Å². The summed E-state index contributed by atoms with van der Waals surface area (Å²) in [6.07, 6.45) is 0.855. The first-order chi connectivity index (χ1) is 16.2. The number of methoxy groups -OCH3 is 1. The first kappa shape index (κ1) is 25.7. The number of hydrogen-bond acceptors (Lipinski definition) is 6. The van der Waals surface area contributed by atoms with Gasteiger partial charge < -0.3 is 19.7 Å². The van der Waals surface area contributed by atoms with Crippen LogP contribution in [0.25, 0.3) is 0 Å². The number of carbonyl (C=O) groups is 2. The molecule has 0 unspecified atom stereocenters. The Labute approximate surface area is 200 Å². The second-order valence-corrected chi connectivity index (χ2v) is 9.78. The van der Waals surface area contributed by atoms with Gasteiger partial charge in [0.05, 0.1) is 19.8 Å². The number of nitrogens with one attached hydrogen (secondary N) is 2. The van der Waals surface area contributed by atoms with Gasteiger partial charge in [0.2, 0.25) is 21.8 Å². The fourth-order valence-electron chi connectivity index (χ4n) is 3.83. The van der Waals surface area contributed by atoms with Crippen molar-refractivity contribution >= 4 is 27.5 Å². The zero-order valence-corrected chi connectivity index (χ0v) is 20.4. The Morgan fingerprint density at radius 3 is 2.59 bits per heavy atom. The van der Waals surface area contributed by atoms with Crippen LogP contribution in [0.4, 0.5) is 5.69 Å². The molecule has 0 aliphatic carbocycles. The number of rotatable bonds is 9. The van der Waals surface area contributed by atoms with Gasteiger partial charge in [-0.25, -0.2) is 8.42 Å². The number of nitrogens with zero attached hydrogens (tertiary/aromatic N) is 1. The molecule has 184 valence electrons. The minimum Gasteiger partial charge on any atom is -0.495 e. The Bertz CT molecular complexity index is 1110. The molecule has 0 radical (unpaired) electrons. The Kier molecular flexibility index (Phi) is 8.65. The SMILES string of the molecule is CC[C@H]1CN(C(=O)[C@@H](Cc2ccccc2)NS(=O)(=O)c2cc(NC(C)=O)ccc2OC)CCO1. The van der Waals surface area contributed by atoms with E-state index in [1.165, 1.54) is 26.2 Å². The van der Waals surface area contributed by atoms with Crippen molar-refractivity contribution in [2.75, 3.05) is 32.1 Å². The van der Waals surface area contributed by atoms with Crippen molar-refractivity contribution in [3.63, 3.8) is 0 Å². The van der Waals surface area contributed by atoms with Gasteiger partial charge in [-0.15, -0.1) is 0 Å². The van der Waals surface area contributed by atoms with E-state index in [0.29, 0.717) is 25.4 Å². The Balaban J connectivity index is 1.93. The topological polar surface area (TPSA) is 114 Å². The van der Waals surface area contributed by atoms with Crippen molar-refractivity contribution in [2.24, 2.45) is 0 Å². The number of morpholine rings is 1. The van der Waals surface area contributed by atoms with Gasteiger partial charge in [0.25, 0.3) is 0 Å². The van der Waals surface area contributed by atoms with Crippen molar-refractivity contribution in [3.05, 3.63) is 54.1 Å². The quantitative estimate of drug-likeness (QED) is 0.558. The number of benzene rings is 2.